The fraction of sp³-hybridized carbons (Fsp3) is 0.0476. The largest absolute Gasteiger partial charge is 0.478 e. The van der Waals surface area contributed by atoms with Crippen LogP contribution in [0.3, 0.4) is 0 Å². The van der Waals surface area contributed by atoms with Crippen molar-refractivity contribution in [2.75, 3.05) is 11.1 Å². The number of hydrogen-bond acceptors (Lipinski definition) is 5. The topological polar surface area (TPSA) is 123 Å². The molecule has 0 saturated heterocycles. The Kier molecular flexibility index (Phi) is 4.63. The number of hydrogen-bond donors (Lipinski definition) is 3. The fourth-order valence-corrected chi connectivity index (χ4v) is 3.10. The molecule has 0 saturated carbocycles. The van der Waals surface area contributed by atoms with Crippen LogP contribution in [0.2, 0.25) is 0 Å². The summed E-state index contributed by atoms with van der Waals surface area (Å²) in [6.07, 6.45) is 1.34. The van der Waals surface area contributed by atoms with E-state index >= 15 is 0 Å². The molecule has 4 aromatic rings. The molecule has 0 aliphatic carbocycles. The Hall–Kier alpha value is -4.27. The minimum absolute atomic E-state index is 0.0426. The normalized spacial score (nSPS) is 10.9. The number of nitrogens with zero attached hydrogens (tertiary/aromatic N) is 3. The quantitative estimate of drug-likeness (QED) is 0.478. The van der Waals surface area contributed by atoms with E-state index in [9.17, 15) is 14.0 Å². The molecule has 8 nitrogen and oxygen atoms in total. The number of nitrogen functional groups attached to an aromatic ring is 1. The van der Waals surface area contributed by atoms with Gasteiger partial charge in [-0.2, -0.15) is 9.61 Å². The van der Waals surface area contributed by atoms with E-state index in [1.165, 1.54) is 41.0 Å². The van der Waals surface area contributed by atoms with Crippen molar-refractivity contribution >= 4 is 29.0 Å². The molecule has 4 rings (SSSR count). The van der Waals surface area contributed by atoms with Crippen molar-refractivity contribution < 1.29 is 19.1 Å². The molecular weight excluding hydrogens is 389 g/mol. The van der Waals surface area contributed by atoms with Gasteiger partial charge in [-0.05, 0) is 49.4 Å². The number of halogens is 1. The van der Waals surface area contributed by atoms with Crippen LogP contribution in [0.1, 0.15) is 26.3 Å². The van der Waals surface area contributed by atoms with Crippen molar-refractivity contribution in [3.05, 3.63) is 77.2 Å². The Morgan fingerprint density at radius 3 is 2.60 bits per heavy atom. The lowest BCUT2D eigenvalue weighted by atomic mass is 10.1. The summed E-state index contributed by atoms with van der Waals surface area (Å²) < 4.78 is 14.6. The predicted octanol–water partition coefficient (Wildman–Crippen LogP) is 3.38. The van der Waals surface area contributed by atoms with Gasteiger partial charge in [0.05, 0.1) is 11.3 Å². The molecule has 0 radical (unpaired) electrons. The number of rotatable bonds is 4. The lowest BCUT2D eigenvalue weighted by molar-refractivity contribution is 0.0696. The number of amides is 1. The Morgan fingerprint density at radius 1 is 1.17 bits per heavy atom. The number of anilines is 2. The van der Waals surface area contributed by atoms with Crippen molar-refractivity contribution in [3.8, 4) is 11.3 Å². The van der Waals surface area contributed by atoms with Gasteiger partial charge in [0.15, 0.2) is 5.65 Å². The molecule has 2 heterocycles. The maximum absolute atomic E-state index is 13.2. The summed E-state index contributed by atoms with van der Waals surface area (Å²) in [7, 11) is 0. The Bertz CT molecular complexity index is 1300. The molecule has 1 amide bonds. The second-order valence-electron chi connectivity index (χ2n) is 6.61. The Balaban J connectivity index is 1.71. The highest BCUT2D eigenvalue weighted by molar-refractivity contribution is 6.07. The summed E-state index contributed by atoms with van der Waals surface area (Å²) in [4.78, 5) is 28.1. The van der Waals surface area contributed by atoms with E-state index in [0.717, 1.165) is 5.56 Å². The van der Waals surface area contributed by atoms with Crippen LogP contribution in [0.4, 0.5) is 15.9 Å². The molecule has 0 fully saturated rings. The van der Waals surface area contributed by atoms with E-state index in [1.54, 1.807) is 18.2 Å². The van der Waals surface area contributed by atoms with Crippen LogP contribution in [0.5, 0.6) is 0 Å². The van der Waals surface area contributed by atoms with Crippen LogP contribution in [0.15, 0.2) is 54.7 Å². The number of carbonyl (C=O) groups is 2. The number of carbonyl (C=O) groups excluding carboxylic acids is 1. The number of nitrogens with two attached hydrogens (primary N) is 1. The number of fused-ring (bicyclic) bond motifs is 1. The van der Waals surface area contributed by atoms with E-state index in [-0.39, 0.29) is 22.8 Å². The number of aromatic carboxylic acids is 1. The van der Waals surface area contributed by atoms with Crippen LogP contribution in [-0.2, 0) is 0 Å². The SMILES string of the molecule is Cc1c(-c2ccc(F)cc2)nn2c(N)c(C(=O)Nc3cccc(C(=O)O)c3)cnc12. The van der Waals surface area contributed by atoms with Crippen LogP contribution >= 0.6 is 0 Å². The lowest BCUT2D eigenvalue weighted by Gasteiger charge is -2.09. The predicted molar refractivity (Wildman–Crippen MR) is 109 cm³/mol. The first-order valence-corrected chi connectivity index (χ1v) is 8.89. The van der Waals surface area contributed by atoms with Crippen LogP contribution in [0, 0.1) is 12.7 Å². The average Bonchev–Trinajstić information content (AvgIpc) is 3.06. The molecule has 150 valence electrons. The molecule has 0 aliphatic heterocycles. The van der Waals surface area contributed by atoms with Gasteiger partial charge in [0.25, 0.3) is 5.91 Å². The van der Waals surface area contributed by atoms with Gasteiger partial charge in [0.2, 0.25) is 0 Å². The third kappa shape index (κ3) is 3.32. The van der Waals surface area contributed by atoms with Crippen molar-refractivity contribution in [2.45, 2.75) is 6.92 Å². The van der Waals surface area contributed by atoms with Crippen LogP contribution in [-0.4, -0.2) is 31.6 Å². The van der Waals surface area contributed by atoms with Crippen molar-refractivity contribution in [2.24, 2.45) is 0 Å². The van der Waals surface area contributed by atoms with Gasteiger partial charge in [-0.3, -0.25) is 4.79 Å². The summed E-state index contributed by atoms with van der Waals surface area (Å²) >= 11 is 0. The van der Waals surface area contributed by atoms with E-state index in [2.05, 4.69) is 15.4 Å². The Morgan fingerprint density at radius 2 is 1.90 bits per heavy atom. The minimum Gasteiger partial charge on any atom is -0.478 e. The highest BCUT2D eigenvalue weighted by Gasteiger charge is 2.19. The minimum atomic E-state index is -1.10. The molecule has 30 heavy (non-hydrogen) atoms. The van der Waals surface area contributed by atoms with Gasteiger partial charge in [0.1, 0.15) is 17.2 Å². The van der Waals surface area contributed by atoms with Gasteiger partial charge in [-0.25, -0.2) is 14.2 Å². The van der Waals surface area contributed by atoms with Gasteiger partial charge in [-0.1, -0.05) is 6.07 Å². The number of carboxylic acids is 1. The zero-order valence-corrected chi connectivity index (χ0v) is 15.8. The molecule has 0 bridgehead atoms. The smallest absolute Gasteiger partial charge is 0.335 e. The summed E-state index contributed by atoms with van der Waals surface area (Å²) in [6.45, 7) is 1.81. The first-order valence-electron chi connectivity index (χ1n) is 8.89. The molecule has 9 heteroatoms. The zero-order chi connectivity index (χ0) is 21.4. The fourth-order valence-electron chi connectivity index (χ4n) is 3.10. The van der Waals surface area contributed by atoms with Gasteiger partial charge < -0.3 is 16.2 Å². The zero-order valence-electron chi connectivity index (χ0n) is 15.8. The number of aryl methyl sites for hydroxylation is 1. The van der Waals surface area contributed by atoms with Crippen LogP contribution in [0.25, 0.3) is 16.9 Å². The molecule has 2 aromatic heterocycles. The maximum Gasteiger partial charge on any atom is 0.335 e. The first-order chi connectivity index (χ1) is 14.3. The summed E-state index contributed by atoms with van der Waals surface area (Å²) in [6, 6.07) is 11.7. The van der Waals surface area contributed by atoms with E-state index in [4.69, 9.17) is 10.8 Å². The Labute approximate surface area is 169 Å². The number of carboxylic acid groups (broad SMARTS) is 1. The third-order valence-corrected chi connectivity index (χ3v) is 4.64. The summed E-state index contributed by atoms with van der Waals surface area (Å²) in [5.74, 6) is -1.94. The second-order valence-corrected chi connectivity index (χ2v) is 6.61. The molecule has 0 spiro atoms. The van der Waals surface area contributed by atoms with Gasteiger partial charge in [0, 0.05) is 23.0 Å². The first kappa shape index (κ1) is 19.1. The van der Waals surface area contributed by atoms with Gasteiger partial charge in [-0.15, -0.1) is 0 Å². The van der Waals surface area contributed by atoms with E-state index < -0.39 is 11.9 Å². The summed E-state index contributed by atoms with van der Waals surface area (Å²) in [5, 5.41) is 16.1. The number of benzene rings is 2. The lowest BCUT2D eigenvalue weighted by Crippen LogP contribution is -2.17. The van der Waals surface area contributed by atoms with Crippen molar-refractivity contribution in [3.63, 3.8) is 0 Å². The number of nitrogens with one attached hydrogen (secondary N) is 1. The van der Waals surface area contributed by atoms with E-state index in [0.29, 0.717) is 22.6 Å². The standard InChI is InChI=1S/C21H16FN5O3/c1-11-17(12-5-7-14(22)8-6-12)26-27-18(23)16(10-24-19(11)27)20(28)25-15-4-2-3-13(9-15)21(29)30/h2-10H,23H2,1H3,(H,25,28)(H,29,30). The van der Waals surface area contributed by atoms with Gasteiger partial charge >= 0.3 is 5.97 Å². The third-order valence-electron chi connectivity index (χ3n) is 4.64. The van der Waals surface area contributed by atoms with E-state index in [1.807, 2.05) is 6.92 Å². The highest BCUT2D eigenvalue weighted by atomic mass is 19.1. The summed E-state index contributed by atoms with van der Waals surface area (Å²) in [5.41, 5.74) is 9.07. The van der Waals surface area contributed by atoms with Crippen molar-refractivity contribution in [1.82, 2.24) is 14.6 Å². The van der Waals surface area contributed by atoms with Crippen molar-refractivity contribution in [1.29, 1.82) is 0 Å². The van der Waals surface area contributed by atoms with Crippen LogP contribution < -0.4 is 11.1 Å². The average molecular weight is 405 g/mol. The maximum atomic E-state index is 13.2. The monoisotopic (exact) mass is 405 g/mol. The molecule has 0 atom stereocenters. The highest BCUT2D eigenvalue weighted by Crippen LogP contribution is 2.27. The molecular formula is C21H16FN5O3. The molecule has 0 unspecified atom stereocenters. The molecule has 0 aliphatic rings. The number of aromatic nitrogens is 3. The molecule has 2 aromatic carbocycles. The second kappa shape index (κ2) is 7.28. The molecule has 4 N–H and O–H groups in total.